The van der Waals surface area contributed by atoms with E-state index in [-0.39, 0.29) is 23.7 Å². The van der Waals surface area contributed by atoms with E-state index in [9.17, 15) is 4.79 Å². The van der Waals surface area contributed by atoms with Gasteiger partial charge in [0, 0.05) is 18.5 Å². The Bertz CT molecular complexity index is 216. The predicted octanol–water partition coefficient (Wildman–Crippen LogP) is 1.69. The van der Waals surface area contributed by atoms with Crippen molar-refractivity contribution in [3.05, 3.63) is 0 Å². The third-order valence-electron chi connectivity index (χ3n) is 2.58. The topological polar surface area (TPSA) is 40.5 Å². The van der Waals surface area contributed by atoms with Gasteiger partial charge in [-0.1, -0.05) is 22.9 Å². The summed E-state index contributed by atoms with van der Waals surface area (Å²) in [6.07, 6.45) is 2.16. The number of carbonyl (C=O) groups is 1. The molecule has 0 aromatic carbocycles. The van der Waals surface area contributed by atoms with Crippen LogP contribution in [-0.2, 0) is 4.79 Å². The molecule has 1 N–H and O–H groups in total. The lowest BCUT2D eigenvalue weighted by Gasteiger charge is -2.17. The molecule has 0 bridgehead atoms. The summed E-state index contributed by atoms with van der Waals surface area (Å²) in [4.78, 5) is 13.8. The van der Waals surface area contributed by atoms with Crippen molar-refractivity contribution in [1.82, 2.24) is 4.90 Å². The second-order valence-electron chi connectivity index (χ2n) is 3.87. The molecule has 3 nitrogen and oxygen atoms in total. The number of amides is 1. The molecule has 0 saturated carbocycles. The highest BCUT2D eigenvalue weighted by molar-refractivity contribution is 9.09. The fourth-order valence-corrected chi connectivity index (χ4v) is 3.26. The first-order valence-electron chi connectivity index (χ1n) is 5.28. The van der Waals surface area contributed by atoms with Crippen LogP contribution in [0.5, 0.6) is 0 Å². The van der Waals surface area contributed by atoms with Crippen molar-refractivity contribution >= 4 is 33.6 Å². The Labute approximate surface area is 104 Å². The van der Waals surface area contributed by atoms with Gasteiger partial charge in [-0.25, -0.2) is 0 Å². The van der Waals surface area contributed by atoms with Gasteiger partial charge in [0.15, 0.2) is 0 Å². The van der Waals surface area contributed by atoms with Gasteiger partial charge >= 0.3 is 0 Å². The van der Waals surface area contributed by atoms with Gasteiger partial charge in [-0.2, -0.15) is 0 Å². The van der Waals surface area contributed by atoms with Crippen molar-refractivity contribution in [2.45, 2.75) is 25.0 Å². The lowest BCUT2D eigenvalue weighted by Crippen LogP contribution is -2.34. The van der Waals surface area contributed by atoms with Crippen LogP contribution in [0.3, 0.4) is 0 Å². The van der Waals surface area contributed by atoms with Crippen LogP contribution in [0.25, 0.3) is 0 Å². The molecule has 1 rings (SSSR count). The molecule has 1 fully saturated rings. The molecule has 2 atom stereocenters. The minimum Gasteiger partial charge on any atom is -0.396 e. The van der Waals surface area contributed by atoms with Crippen LogP contribution >= 0.6 is 27.7 Å². The minimum absolute atomic E-state index is 0.0287. The molecule has 0 aromatic heterocycles. The Hall–Kier alpha value is 0.260. The molecule has 5 heteroatoms. The average molecular weight is 296 g/mol. The zero-order valence-electron chi connectivity index (χ0n) is 8.99. The van der Waals surface area contributed by atoms with E-state index >= 15 is 0 Å². The summed E-state index contributed by atoms with van der Waals surface area (Å²) in [7, 11) is 0. The van der Waals surface area contributed by atoms with Gasteiger partial charge < -0.3 is 10.0 Å². The van der Waals surface area contributed by atoms with Gasteiger partial charge in [-0.05, 0) is 18.8 Å². The zero-order valence-corrected chi connectivity index (χ0v) is 11.4. The molecule has 88 valence electrons. The number of thioether (sulfide) groups is 1. The second-order valence-corrected chi connectivity index (χ2v) is 5.77. The van der Waals surface area contributed by atoms with Crippen LogP contribution in [0.4, 0.5) is 0 Å². The average Bonchev–Trinajstić information content (AvgIpc) is 2.60. The van der Waals surface area contributed by atoms with Gasteiger partial charge in [-0.3, -0.25) is 4.79 Å². The molecule has 0 radical (unpaired) electrons. The van der Waals surface area contributed by atoms with E-state index < -0.39 is 0 Å². The van der Waals surface area contributed by atoms with Gasteiger partial charge in [0.25, 0.3) is 0 Å². The Kier molecular flexibility index (Phi) is 6.00. The maximum absolute atomic E-state index is 11.9. The van der Waals surface area contributed by atoms with Crippen molar-refractivity contribution in [3.63, 3.8) is 0 Å². The molecule has 2 unspecified atom stereocenters. The maximum Gasteiger partial charge on any atom is 0.236 e. The predicted molar refractivity (Wildman–Crippen MR) is 67.2 cm³/mol. The molecule has 15 heavy (non-hydrogen) atoms. The molecule has 0 aliphatic carbocycles. The van der Waals surface area contributed by atoms with Crippen LogP contribution in [0, 0.1) is 5.92 Å². The minimum atomic E-state index is -0.0287. The van der Waals surface area contributed by atoms with Crippen molar-refractivity contribution in [2.75, 3.05) is 24.4 Å². The molecule has 1 amide bonds. The van der Waals surface area contributed by atoms with Gasteiger partial charge in [0.2, 0.25) is 5.91 Å². The van der Waals surface area contributed by atoms with Crippen LogP contribution in [0.2, 0.25) is 0 Å². The van der Waals surface area contributed by atoms with Crippen LogP contribution < -0.4 is 0 Å². The van der Waals surface area contributed by atoms with E-state index in [2.05, 4.69) is 15.9 Å². The summed E-state index contributed by atoms with van der Waals surface area (Å²) in [6, 6.07) is 0. The first-order chi connectivity index (χ1) is 7.20. The highest BCUT2D eigenvalue weighted by atomic mass is 79.9. The lowest BCUT2D eigenvalue weighted by atomic mass is 10.1. The summed E-state index contributed by atoms with van der Waals surface area (Å²) < 4.78 is 0. The number of aliphatic hydroxyl groups excluding tert-OH is 1. The number of rotatable bonds is 6. The largest absolute Gasteiger partial charge is 0.396 e. The van der Waals surface area contributed by atoms with Gasteiger partial charge in [0.1, 0.15) is 0 Å². The Morgan fingerprint density at radius 3 is 3.00 bits per heavy atom. The zero-order chi connectivity index (χ0) is 11.3. The highest BCUT2D eigenvalue weighted by Gasteiger charge is 2.35. The summed E-state index contributed by atoms with van der Waals surface area (Å²) in [6.45, 7) is 2.88. The summed E-state index contributed by atoms with van der Waals surface area (Å²) in [5.41, 5.74) is 0. The molecular weight excluding hydrogens is 278 g/mol. The Balaban J connectivity index is 2.35. The van der Waals surface area contributed by atoms with Crippen molar-refractivity contribution in [1.29, 1.82) is 0 Å². The molecule has 1 saturated heterocycles. The number of hydrogen-bond acceptors (Lipinski definition) is 3. The third kappa shape index (κ3) is 3.64. The molecule has 1 aliphatic heterocycles. The number of carbonyl (C=O) groups excluding carboxylic acids is 1. The van der Waals surface area contributed by atoms with E-state index in [1.807, 2.05) is 11.8 Å². The van der Waals surface area contributed by atoms with Crippen LogP contribution in [0.15, 0.2) is 0 Å². The number of aliphatic hydroxyl groups is 1. The smallest absolute Gasteiger partial charge is 0.236 e. The maximum atomic E-state index is 11.9. The monoisotopic (exact) mass is 295 g/mol. The fourth-order valence-electron chi connectivity index (χ4n) is 1.56. The fraction of sp³-hybridized carbons (Fsp3) is 0.900. The second kappa shape index (κ2) is 6.76. The normalized spacial score (nSPS) is 23.5. The number of unbranched alkanes of at least 4 members (excludes halogenated alkanes) is 1. The van der Waals surface area contributed by atoms with Crippen molar-refractivity contribution in [3.8, 4) is 0 Å². The van der Waals surface area contributed by atoms with Gasteiger partial charge in [0.05, 0.1) is 11.1 Å². The summed E-state index contributed by atoms with van der Waals surface area (Å²) in [5, 5.41) is 9.99. The quantitative estimate of drug-likeness (QED) is 0.599. The van der Waals surface area contributed by atoms with E-state index in [4.69, 9.17) is 5.11 Å². The number of hydrogen-bond donors (Lipinski definition) is 1. The molecular formula is C10H18BrNO2S. The van der Waals surface area contributed by atoms with Crippen molar-refractivity contribution in [2.24, 2.45) is 5.92 Å². The molecule has 1 aliphatic rings. The molecule has 1 heterocycles. The number of nitrogens with zero attached hydrogens (tertiary/aromatic N) is 1. The summed E-state index contributed by atoms with van der Waals surface area (Å²) >= 11 is 5.03. The molecule has 0 aromatic rings. The van der Waals surface area contributed by atoms with Crippen LogP contribution in [0.1, 0.15) is 19.8 Å². The van der Waals surface area contributed by atoms with E-state index in [0.29, 0.717) is 0 Å². The van der Waals surface area contributed by atoms with Gasteiger partial charge in [-0.15, -0.1) is 11.8 Å². The third-order valence-corrected chi connectivity index (χ3v) is 4.63. The summed E-state index contributed by atoms with van der Waals surface area (Å²) in [5.74, 6) is 1.07. The van der Waals surface area contributed by atoms with E-state index in [1.165, 1.54) is 0 Å². The lowest BCUT2D eigenvalue weighted by molar-refractivity contribution is -0.129. The first kappa shape index (κ1) is 13.3. The Morgan fingerprint density at radius 2 is 2.40 bits per heavy atom. The number of halogens is 1. The Morgan fingerprint density at radius 1 is 1.67 bits per heavy atom. The van der Waals surface area contributed by atoms with E-state index in [0.717, 1.165) is 30.6 Å². The standard InChI is InChI=1S/C10H18BrNO2S/c1-8(6-13)9-10(14)12(7-15-9)5-3-2-4-11/h8-9,13H,2-7H2,1H3. The van der Waals surface area contributed by atoms with Crippen molar-refractivity contribution < 1.29 is 9.90 Å². The number of alkyl halides is 1. The first-order valence-corrected chi connectivity index (χ1v) is 7.45. The molecule has 0 spiro atoms. The van der Waals surface area contributed by atoms with E-state index in [1.54, 1.807) is 11.8 Å². The highest BCUT2D eigenvalue weighted by Crippen LogP contribution is 2.29. The van der Waals surface area contributed by atoms with Crippen LogP contribution in [-0.4, -0.2) is 45.5 Å². The SMILES string of the molecule is CC(CO)C1SCN(CCCCBr)C1=O.